The van der Waals surface area contributed by atoms with Crippen LogP contribution in [0.4, 0.5) is 22.7 Å². The maximum Gasteiger partial charge on any atom is 0.137 e. The third kappa shape index (κ3) is 7.24. The van der Waals surface area contributed by atoms with E-state index >= 15 is 0 Å². The molecule has 296 valence electrons. The molecule has 0 atom stereocenters. The smallest absolute Gasteiger partial charge is 0.137 e. The molecule has 0 saturated carbocycles. The molecule has 0 bridgehead atoms. The summed E-state index contributed by atoms with van der Waals surface area (Å²) in [6.07, 6.45) is 1.93. The monoisotopic (exact) mass is 774 g/mol. The van der Waals surface area contributed by atoms with Gasteiger partial charge in [0, 0.05) is 40.5 Å². The zero-order chi connectivity index (χ0) is 41.3. The van der Waals surface area contributed by atoms with E-state index in [1.54, 1.807) is 0 Å². The first-order valence-electron chi connectivity index (χ1n) is 20.8. The molecule has 0 amide bonds. The van der Waals surface area contributed by atoms with E-state index in [1.807, 2.05) is 12.3 Å². The fourth-order valence-corrected chi connectivity index (χ4v) is 8.27. The molecule has 0 aliphatic carbocycles. The van der Waals surface area contributed by atoms with Crippen LogP contribution in [0.2, 0.25) is 0 Å². The Morgan fingerprint density at radius 3 is 1.78 bits per heavy atom. The molecule has 8 aromatic rings. The lowest BCUT2D eigenvalue weighted by Gasteiger charge is -2.29. The summed E-state index contributed by atoms with van der Waals surface area (Å²) in [6.45, 7) is 21.2. The lowest BCUT2D eigenvalue weighted by atomic mass is 9.80. The largest absolute Gasteiger partial charge is 0.457 e. The van der Waals surface area contributed by atoms with E-state index < -0.39 is 0 Å². The summed E-state index contributed by atoms with van der Waals surface area (Å²) >= 11 is 0. The van der Waals surface area contributed by atoms with Gasteiger partial charge in [0.05, 0.1) is 22.4 Å². The topological polar surface area (TPSA) is 33.5 Å². The van der Waals surface area contributed by atoms with E-state index in [2.05, 4.69) is 216 Å². The third-order valence-corrected chi connectivity index (χ3v) is 11.8. The Bertz CT molecular complexity index is 2820. The van der Waals surface area contributed by atoms with Crippen molar-refractivity contribution in [3.63, 3.8) is 0 Å². The number of fused-ring (bicyclic) bond motifs is 4. The second-order valence-corrected chi connectivity index (χ2v) is 19.1. The van der Waals surface area contributed by atoms with E-state index in [0.29, 0.717) is 6.67 Å². The van der Waals surface area contributed by atoms with Gasteiger partial charge < -0.3 is 14.5 Å². The van der Waals surface area contributed by atoms with Crippen molar-refractivity contribution < 1.29 is 4.74 Å². The number of benzene rings is 6. The minimum Gasteiger partial charge on any atom is -0.457 e. The van der Waals surface area contributed by atoms with Gasteiger partial charge in [-0.3, -0.25) is 4.57 Å². The predicted octanol–water partition coefficient (Wildman–Crippen LogP) is 14.8. The van der Waals surface area contributed by atoms with Crippen LogP contribution in [0.15, 0.2) is 152 Å². The zero-order valence-electron chi connectivity index (χ0n) is 35.8. The predicted molar refractivity (Wildman–Crippen MR) is 249 cm³/mol. The Balaban J connectivity index is 1.10. The Morgan fingerprint density at radius 1 is 0.458 bits per heavy atom. The Labute approximate surface area is 349 Å². The van der Waals surface area contributed by atoms with E-state index in [4.69, 9.17) is 9.72 Å². The maximum atomic E-state index is 6.78. The van der Waals surface area contributed by atoms with Gasteiger partial charge in [-0.2, -0.15) is 0 Å². The first-order chi connectivity index (χ1) is 28.1. The van der Waals surface area contributed by atoms with Crippen molar-refractivity contribution in [3.05, 3.63) is 168 Å². The minimum atomic E-state index is -0.0189. The zero-order valence-corrected chi connectivity index (χ0v) is 35.8. The summed E-state index contributed by atoms with van der Waals surface area (Å²) in [6, 6.07) is 52.5. The number of ether oxygens (including phenoxy) is 1. The van der Waals surface area contributed by atoms with Crippen LogP contribution in [0.3, 0.4) is 0 Å². The fourth-order valence-electron chi connectivity index (χ4n) is 8.27. The van der Waals surface area contributed by atoms with Gasteiger partial charge in [0.1, 0.15) is 24.0 Å². The van der Waals surface area contributed by atoms with Crippen molar-refractivity contribution >= 4 is 44.6 Å². The number of hydrogen-bond donors (Lipinski definition) is 0. The standard InChI is InChI=1S/C54H54N4O/c1-52(2,3)38-26-27-55-51(32-38)58-47-25-22-37(36-16-11-10-12-17-36)28-46(47)45-24-23-44(34-50(45)58)59-43-19-15-18-41(33-43)56-35-57(49-21-14-13-20-48(49)56)42-30-39(53(4,5)6)29-40(31-42)54(7,8)9/h10-34H,35H2,1-9H3. The lowest BCUT2D eigenvalue weighted by Crippen LogP contribution is -2.25. The van der Waals surface area contributed by atoms with Crippen molar-refractivity contribution in [2.75, 3.05) is 16.5 Å². The number of hydrogen-bond acceptors (Lipinski definition) is 4. The second-order valence-electron chi connectivity index (χ2n) is 19.1. The number of nitrogens with zero attached hydrogens (tertiary/aromatic N) is 4. The van der Waals surface area contributed by atoms with Crippen LogP contribution in [-0.2, 0) is 16.2 Å². The maximum absolute atomic E-state index is 6.78. The molecule has 6 aromatic carbocycles. The first-order valence-corrected chi connectivity index (χ1v) is 20.8. The molecule has 0 N–H and O–H groups in total. The number of rotatable bonds is 6. The molecule has 0 fully saturated rings. The molecule has 1 aliphatic rings. The fraction of sp³-hybridized carbons (Fsp3) is 0.241. The van der Waals surface area contributed by atoms with Gasteiger partial charge >= 0.3 is 0 Å². The molecule has 1 aliphatic heterocycles. The summed E-state index contributed by atoms with van der Waals surface area (Å²) in [5, 5.41) is 2.33. The van der Waals surface area contributed by atoms with E-state index in [9.17, 15) is 0 Å². The molecular formula is C54H54N4O. The van der Waals surface area contributed by atoms with Gasteiger partial charge in [0.15, 0.2) is 0 Å². The molecule has 5 heteroatoms. The Kier molecular flexibility index (Phi) is 9.19. The van der Waals surface area contributed by atoms with Gasteiger partial charge in [-0.05, 0) is 117 Å². The second kappa shape index (κ2) is 14.2. The quantitative estimate of drug-likeness (QED) is 0.168. The van der Waals surface area contributed by atoms with Gasteiger partial charge in [-0.15, -0.1) is 0 Å². The van der Waals surface area contributed by atoms with Crippen LogP contribution >= 0.6 is 0 Å². The molecule has 0 spiro atoms. The van der Waals surface area contributed by atoms with Crippen LogP contribution in [0, 0.1) is 0 Å². The molecule has 0 saturated heterocycles. The molecular weight excluding hydrogens is 721 g/mol. The Morgan fingerprint density at radius 2 is 1.10 bits per heavy atom. The van der Waals surface area contributed by atoms with Crippen molar-refractivity contribution in [1.82, 2.24) is 9.55 Å². The van der Waals surface area contributed by atoms with Crippen molar-refractivity contribution in [2.24, 2.45) is 0 Å². The molecule has 0 unspecified atom stereocenters. The average molecular weight is 775 g/mol. The van der Waals surface area contributed by atoms with Crippen LogP contribution in [0.5, 0.6) is 11.5 Å². The van der Waals surface area contributed by atoms with Gasteiger partial charge in [0.25, 0.3) is 0 Å². The molecule has 9 rings (SSSR count). The van der Waals surface area contributed by atoms with Crippen LogP contribution in [-0.4, -0.2) is 16.2 Å². The van der Waals surface area contributed by atoms with E-state index in [1.165, 1.54) is 50.3 Å². The molecule has 0 radical (unpaired) electrons. The van der Waals surface area contributed by atoms with Gasteiger partial charge in [-0.1, -0.05) is 123 Å². The molecule has 2 aromatic heterocycles. The SMILES string of the molecule is CC(C)(C)c1cc(N2CN(c3cccc(Oc4ccc5c6cc(-c7ccccc7)ccc6n(-c6cc(C(C)(C)C)ccn6)c5c4)c3)c3ccccc32)cc(C(C)(C)C)c1. The first kappa shape index (κ1) is 38.2. The van der Waals surface area contributed by atoms with Crippen LogP contribution < -0.4 is 14.5 Å². The summed E-state index contributed by atoms with van der Waals surface area (Å²) in [7, 11) is 0. The summed E-state index contributed by atoms with van der Waals surface area (Å²) < 4.78 is 9.06. The third-order valence-electron chi connectivity index (χ3n) is 11.8. The highest BCUT2D eigenvalue weighted by molar-refractivity contribution is 6.10. The van der Waals surface area contributed by atoms with E-state index in [-0.39, 0.29) is 16.2 Å². The number of anilines is 4. The van der Waals surface area contributed by atoms with Crippen molar-refractivity contribution in [2.45, 2.75) is 78.6 Å². The van der Waals surface area contributed by atoms with Crippen molar-refractivity contribution in [1.29, 1.82) is 0 Å². The van der Waals surface area contributed by atoms with E-state index in [0.717, 1.165) is 39.4 Å². The molecule has 59 heavy (non-hydrogen) atoms. The lowest BCUT2D eigenvalue weighted by molar-refractivity contribution is 0.483. The van der Waals surface area contributed by atoms with Crippen LogP contribution in [0.1, 0.15) is 79.0 Å². The highest BCUT2D eigenvalue weighted by Crippen LogP contribution is 2.47. The average Bonchev–Trinajstić information content (AvgIpc) is 3.76. The van der Waals surface area contributed by atoms with Crippen LogP contribution in [0.25, 0.3) is 38.8 Å². The molecule has 5 nitrogen and oxygen atoms in total. The summed E-state index contributed by atoms with van der Waals surface area (Å²) in [4.78, 5) is 9.78. The highest BCUT2D eigenvalue weighted by atomic mass is 16.5. The van der Waals surface area contributed by atoms with Gasteiger partial charge in [-0.25, -0.2) is 4.98 Å². The Hall–Kier alpha value is -6.33. The number of aromatic nitrogens is 2. The minimum absolute atomic E-state index is 0.0189. The van der Waals surface area contributed by atoms with Gasteiger partial charge in [0.2, 0.25) is 0 Å². The summed E-state index contributed by atoms with van der Waals surface area (Å²) in [5.41, 5.74) is 13.2. The highest BCUT2D eigenvalue weighted by Gasteiger charge is 2.30. The molecule has 3 heterocycles. The number of para-hydroxylation sites is 2. The summed E-state index contributed by atoms with van der Waals surface area (Å²) in [5.74, 6) is 2.44. The van der Waals surface area contributed by atoms with Crippen molar-refractivity contribution in [3.8, 4) is 28.4 Å². The number of pyridine rings is 1. The normalized spacial score (nSPS) is 13.4.